The molecular formula is C20H29NO5. The minimum atomic E-state index is -0.648. The number of aryl methyl sites for hydroxylation is 1. The lowest BCUT2D eigenvalue weighted by Crippen LogP contribution is -2.44. The zero-order chi connectivity index (χ0) is 19.3. The summed E-state index contributed by atoms with van der Waals surface area (Å²) in [5.41, 5.74) is -1.29. The molecule has 1 unspecified atom stereocenters. The first-order valence-electron chi connectivity index (χ1n) is 9.40. The van der Waals surface area contributed by atoms with E-state index in [-0.39, 0.29) is 5.56 Å². The van der Waals surface area contributed by atoms with E-state index in [1.807, 2.05) is 0 Å². The summed E-state index contributed by atoms with van der Waals surface area (Å²) in [6, 6.07) is 2.55. The average Bonchev–Trinajstić information content (AvgIpc) is 3.03. The van der Waals surface area contributed by atoms with Crippen LogP contribution in [0.25, 0.3) is 0 Å². The first kappa shape index (κ1) is 20.2. The lowest BCUT2D eigenvalue weighted by atomic mass is 10.1. The van der Waals surface area contributed by atoms with Gasteiger partial charge in [0.15, 0.2) is 0 Å². The minimum Gasteiger partial charge on any atom is -0.458 e. The molecule has 0 radical (unpaired) electrons. The van der Waals surface area contributed by atoms with Crippen molar-refractivity contribution >= 4 is 11.9 Å². The Bertz CT molecular complexity index is 701. The van der Waals surface area contributed by atoms with Crippen LogP contribution in [0.5, 0.6) is 0 Å². The monoisotopic (exact) mass is 363 g/mol. The Balaban J connectivity index is 2.12. The molecule has 1 aromatic heterocycles. The number of esters is 1. The molecule has 2 heterocycles. The highest BCUT2D eigenvalue weighted by Crippen LogP contribution is 2.22. The van der Waals surface area contributed by atoms with Crippen molar-refractivity contribution in [3.05, 3.63) is 33.9 Å². The van der Waals surface area contributed by atoms with Gasteiger partial charge in [0.25, 0.3) is 5.91 Å². The molecule has 6 nitrogen and oxygen atoms in total. The number of ether oxygens (including phenoxy) is 1. The third-order valence-corrected chi connectivity index (χ3v) is 4.33. The van der Waals surface area contributed by atoms with Crippen molar-refractivity contribution in [2.75, 3.05) is 6.54 Å². The van der Waals surface area contributed by atoms with Gasteiger partial charge in [-0.15, -0.1) is 0 Å². The summed E-state index contributed by atoms with van der Waals surface area (Å²) in [7, 11) is 0. The van der Waals surface area contributed by atoms with Crippen LogP contribution < -0.4 is 5.63 Å². The van der Waals surface area contributed by atoms with Crippen LogP contribution in [0.15, 0.2) is 21.3 Å². The molecular weight excluding hydrogens is 334 g/mol. The molecule has 0 aliphatic carbocycles. The molecule has 0 bridgehead atoms. The molecule has 0 spiro atoms. The first-order chi connectivity index (χ1) is 12.2. The van der Waals surface area contributed by atoms with Crippen molar-refractivity contribution in [1.82, 2.24) is 4.90 Å². The molecule has 0 saturated carbocycles. The molecule has 1 aliphatic rings. The van der Waals surface area contributed by atoms with Gasteiger partial charge in [-0.2, -0.15) is 0 Å². The predicted octanol–water partition coefficient (Wildman–Crippen LogP) is 3.32. The fraction of sp³-hybridized carbons (Fsp3) is 0.650. The van der Waals surface area contributed by atoms with Crippen molar-refractivity contribution in [3.63, 3.8) is 0 Å². The number of carbonyl (C=O) groups is 2. The van der Waals surface area contributed by atoms with Crippen molar-refractivity contribution in [3.8, 4) is 0 Å². The van der Waals surface area contributed by atoms with E-state index in [1.165, 1.54) is 11.0 Å². The fourth-order valence-electron chi connectivity index (χ4n) is 3.07. The lowest BCUT2D eigenvalue weighted by molar-refractivity contribution is -0.159. The van der Waals surface area contributed by atoms with Crippen molar-refractivity contribution in [2.45, 2.75) is 77.9 Å². The summed E-state index contributed by atoms with van der Waals surface area (Å²) in [6.07, 6.45) is 5.02. The van der Waals surface area contributed by atoms with E-state index >= 15 is 0 Å². The maximum Gasteiger partial charge on any atom is 0.348 e. The van der Waals surface area contributed by atoms with Gasteiger partial charge < -0.3 is 14.1 Å². The van der Waals surface area contributed by atoms with Crippen molar-refractivity contribution < 1.29 is 18.7 Å². The zero-order valence-corrected chi connectivity index (χ0v) is 16.2. The van der Waals surface area contributed by atoms with Crippen LogP contribution in [-0.4, -0.2) is 35.0 Å². The first-order valence-corrected chi connectivity index (χ1v) is 9.40. The van der Waals surface area contributed by atoms with Gasteiger partial charge >= 0.3 is 11.6 Å². The smallest absolute Gasteiger partial charge is 0.348 e. The molecule has 1 atom stereocenters. The van der Waals surface area contributed by atoms with Crippen LogP contribution in [0, 0.1) is 0 Å². The summed E-state index contributed by atoms with van der Waals surface area (Å²) >= 11 is 0. The standard InChI is InChI=1S/C20H29NO5/c1-5-6-7-9-14-11-12-15(18(23)25-14)17(22)21-13-8-10-16(21)19(24)26-20(2,3)4/h11-12,16H,5-10,13H2,1-4H3. The van der Waals surface area contributed by atoms with E-state index in [1.54, 1.807) is 26.8 Å². The number of rotatable bonds is 6. The van der Waals surface area contributed by atoms with E-state index in [2.05, 4.69) is 6.92 Å². The highest BCUT2D eigenvalue weighted by molar-refractivity contribution is 5.96. The molecule has 1 fully saturated rings. The highest BCUT2D eigenvalue weighted by Gasteiger charge is 2.38. The van der Waals surface area contributed by atoms with Crippen LogP contribution in [0.4, 0.5) is 0 Å². The summed E-state index contributed by atoms with van der Waals surface area (Å²) < 4.78 is 10.7. The average molecular weight is 363 g/mol. The van der Waals surface area contributed by atoms with Crippen LogP contribution in [0.3, 0.4) is 0 Å². The van der Waals surface area contributed by atoms with E-state index in [9.17, 15) is 14.4 Å². The Labute approximate surface area is 154 Å². The van der Waals surface area contributed by atoms with Crippen molar-refractivity contribution in [1.29, 1.82) is 0 Å². The second-order valence-corrected chi connectivity index (χ2v) is 7.75. The second-order valence-electron chi connectivity index (χ2n) is 7.75. The highest BCUT2D eigenvalue weighted by atomic mass is 16.6. The number of unbranched alkanes of at least 4 members (excludes halogenated alkanes) is 2. The van der Waals surface area contributed by atoms with Crippen LogP contribution in [0.2, 0.25) is 0 Å². The van der Waals surface area contributed by atoms with Gasteiger partial charge in [0.05, 0.1) is 0 Å². The summed E-state index contributed by atoms with van der Waals surface area (Å²) in [4.78, 5) is 38.8. The topological polar surface area (TPSA) is 76.8 Å². The number of hydrogen-bond donors (Lipinski definition) is 0. The van der Waals surface area contributed by atoms with E-state index in [0.717, 1.165) is 19.3 Å². The Morgan fingerprint density at radius 1 is 1.27 bits per heavy atom. The molecule has 1 aromatic rings. The molecule has 0 N–H and O–H groups in total. The largest absolute Gasteiger partial charge is 0.458 e. The molecule has 1 aliphatic heterocycles. The lowest BCUT2D eigenvalue weighted by Gasteiger charge is -2.27. The maximum atomic E-state index is 12.8. The van der Waals surface area contributed by atoms with Gasteiger partial charge in [0, 0.05) is 13.0 Å². The molecule has 144 valence electrons. The van der Waals surface area contributed by atoms with Gasteiger partial charge in [0.1, 0.15) is 23.0 Å². The quantitative estimate of drug-likeness (QED) is 0.572. The van der Waals surface area contributed by atoms with Gasteiger partial charge in [0.2, 0.25) is 0 Å². The molecule has 26 heavy (non-hydrogen) atoms. The third-order valence-electron chi connectivity index (χ3n) is 4.33. The zero-order valence-electron chi connectivity index (χ0n) is 16.2. The fourth-order valence-corrected chi connectivity index (χ4v) is 3.07. The Morgan fingerprint density at radius 3 is 2.62 bits per heavy atom. The SMILES string of the molecule is CCCCCc1ccc(C(=O)N2CCCC2C(=O)OC(C)(C)C)c(=O)o1. The van der Waals surface area contributed by atoms with Crippen molar-refractivity contribution in [2.24, 2.45) is 0 Å². The van der Waals surface area contributed by atoms with Crippen LogP contribution in [-0.2, 0) is 16.0 Å². The summed E-state index contributed by atoms with van der Waals surface area (Å²) in [5, 5.41) is 0. The number of nitrogens with zero attached hydrogens (tertiary/aromatic N) is 1. The van der Waals surface area contributed by atoms with Gasteiger partial charge in [-0.1, -0.05) is 19.8 Å². The van der Waals surface area contributed by atoms with E-state index in [0.29, 0.717) is 31.6 Å². The maximum absolute atomic E-state index is 12.8. The van der Waals surface area contributed by atoms with Gasteiger partial charge in [-0.05, 0) is 52.2 Å². The second kappa shape index (κ2) is 8.52. The van der Waals surface area contributed by atoms with Crippen LogP contribution >= 0.6 is 0 Å². The molecule has 1 amide bonds. The van der Waals surface area contributed by atoms with E-state index < -0.39 is 29.1 Å². The minimum absolute atomic E-state index is 0.0281. The molecule has 0 aromatic carbocycles. The number of amides is 1. The Hall–Kier alpha value is -2.11. The number of likely N-dealkylation sites (tertiary alicyclic amines) is 1. The van der Waals surface area contributed by atoms with E-state index in [4.69, 9.17) is 9.15 Å². The normalized spacial score (nSPS) is 17.4. The molecule has 1 saturated heterocycles. The number of carbonyl (C=O) groups excluding carboxylic acids is 2. The third kappa shape index (κ3) is 5.19. The Kier molecular flexibility index (Phi) is 6.62. The van der Waals surface area contributed by atoms with Gasteiger partial charge in [-0.25, -0.2) is 9.59 Å². The molecule has 2 rings (SSSR count). The predicted molar refractivity (Wildman–Crippen MR) is 98.1 cm³/mol. The Morgan fingerprint density at radius 2 is 2.00 bits per heavy atom. The summed E-state index contributed by atoms with van der Waals surface area (Å²) in [6.45, 7) is 7.91. The van der Waals surface area contributed by atoms with Crippen LogP contribution in [0.1, 0.15) is 75.9 Å². The van der Waals surface area contributed by atoms with Gasteiger partial charge in [-0.3, -0.25) is 4.79 Å². The number of hydrogen-bond acceptors (Lipinski definition) is 5. The molecule has 6 heteroatoms. The summed E-state index contributed by atoms with van der Waals surface area (Å²) in [5.74, 6) is -0.304.